The molecule has 0 aromatic heterocycles. The molecule has 0 bridgehead atoms. The fourth-order valence-corrected chi connectivity index (χ4v) is 2.27. The molecule has 4 nitrogen and oxygen atoms in total. The summed E-state index contributed by atoms with van der Waals surface area (Å²) in [7, 11) is 0. The van der Waals surface area contributed by atoms with E-state index in [9.17, 15) is 9.18 Å². The summed E-state index contributed by atoms with van der Waals surface area (Å²) >= 11 is 4.94. The van der Waals surface area contributed by atoms with Gasteiger partial charge in [0.15, 0.2) is 0 Å². The summed E-state index contributed by atoms with van der Waals surface area (Å²) in [6.45, 7) is 5.40. The van der Waals surface area contributed by atoms with Crippen molar-refractivity contribution in [1.29, 1.82) is 0 Å². The van der Waals surface area contributed by atoms with Gasteiger partial charge in [0.1, 0.15) is 10.8 Å². The molecule has 0 aliphatic carbocycles. The number of nitrogens with zero attached hydrogens (tertiary/aromatic N) is 1. The van der Waals surface area contributed by atoms with Gasteiger partial charge < -0.3 is 11.5 Å². The van der Waals surface area contributed by atoms with E-state index >= 15 is 0 Å². The molecule has 1 amide bonds. The first-order valence-corrected chi connectivity index (χ1v) is 6.79. The van der Waals surface area contributed by atoms with Gasteiger partial charge in [0.25, 0.3) is 0 Å². The summed E-state index contributed by atoms with van der Waals surface area (Å²) in [6.07, 6.45) is 0. The lowest BCUT2D eigenvalue weighted by molar-refractivity contribution is -0.119. The van der Waals surface area contributed by atoms with Gasteiger partial charge >= 0.3 is 0 Å². The second kappa shape index (κ2) is 7.31. The maximum atomic E-state index is 13.3. The molecular weight excluding hydrogens is 277 g/mol. The fourth-order valence-electron chi connectivity index (χ4n) is 2.08. The van der Waals surface area contributed by atoms with Crippen molar-refractivity contribution in [3.8, 4) is 0 Å². The van der Waals surface area contributed by atoms with Crippen LogP contribution >= 0.6 is 12.2 Å². The van der Waals surface area contributed by atoms with Gasteiger partial charge in [0, 0.05) is 18.7 Å². The van der Waals surface area contributed by atoms with Gasteiger partial charge in [-0.25, -0.2) is 4.39 Å². The molecule has 6 heteroatoms. The topological polar surface area (TPSA) is 72.3 Å². The van der Waals surface area contributed by atoms with Gasteiger partial charge in [0.05, 0.1) is 6.54 Å². The van der Waals surface area contributed by atoms with Crippen LogP contribution in [0.5, 0.6) is 0 Å². The Morgan fingerprint density at radius 1 is 1.40 bits per heavy atom. The number of thiocarbonyl (C=S) groups is 1. The number of hydrogen-bond acceptors (Lipinski definition) is 3. The second-order valence-corrected chi connectivity index (χ2v) is 5.64. The van der Waals surface area contributed by atoms with E-state index in [4.69, 9.17) is 23.7 Å². The molecule has 1 rings (SSSR count). The van der Waals surface area contributed by atoms with Gasteiger partial charge in [-0.15, -0.1) is 0 Å². The molecule has 0 unspecified atom stereocenters. The normalized spacial score (nSPS) is 11.1. The molecule has 0 aliphatic heterocycles. The first kappa shape index (κ1) is 16.5. The Morgan fingerprint density at radius 3 is 2.55 bits per heavy atom. The van der Waals surface area contributed by atoms with Crippen LogP contribution in [0.4, 0.5) is 4.39 Å². The van der Waals surface area contributed by atoms with E-state index in [1.807, 2.05) is 18.7 Å². The predicted molar refractivity (Wildman–Crippen MR) is 81.6 cm³/mol. The Hall–Kier alpha value is -1.53. The third-order valence-corrected chi connectivity index (χ3v) is 2.95. The summed E-state index contributed by atoms with van der Waals surface area (Å²) in [6, 6.07) is 4.31. The highest BCUT2D eigenvalue weighted by atomic mass is 32.1. The van der Waals surface area contributed by atoms with Crippen LogP contribution < -0.4 is 11.5 Å². The zero-order valence-corrected chi connectivity index (χ0v) is 12.5. The Labute approximate surface area is 123 Å². The fraction of sp³-hybridized carbons (Fsp3) is 0.429. The number of nitrogens with two attached hydrogens (primary N) is 2. The van der Waals surface area contributed by atoms with Crippen LogP contribution in [0.15, 0.2) is 18.2 Å². The molecule has 0 saturated carbocycles. The summed E-state index contributed by atoms with van der Waals surface area (Å²) in [5.74, 6) is -0.408. The summed E-state index contributed by atoms with van der Waals surface area (Å²) in [5, 5.41) is 0. The second-order valence-electron chi connectivity index (χ2n) is 5.20. The van der Waals surface area contributed by atoms with Crippen molar-refractivity contribution in [2.24, 2.45) is 17.4 Å². The standard InChI is InChI=1S/C14H20FN3OS/c1-9(2)6-18(8-13(16)19)7-10-3-4-11(15)5-12(10)14(17)20/h3-5,9H,6-8H2,1-2H3,(H2,16,19)(H2,17,20). The average Bonchev–Trinajstić information content (AvgIpc) is 2.29. The molecule has 1 aromatic rings. The summed E-state index contributed by atoms with van der Waals surface area (Å²) in [4.78, 5) is 13.2. The van der Waals surface area contributed by atoms with E-state index < -0.39 is 5.91 Å². The van der Waals surface area contributed by atoms with Gasteiger partial charge in [-0.2, -0.15) is 0 Å². The van der Waals surface area contributed by atoms with Crippen molar-refractivity contribution in [2.45, 2.75) is 20.4 Å². The highest BCUT2D eigenvalue weighted by Gasteiger charge is 2.14. The quantitative estimate of drug-likeness (QED) is 0.746. The van der Waals surface area contributed by atoms with E-state index in [1.54, 1.807) is 6.07 Å². The number of hydrogen-bond donors (Lipinski definition) is 2. The van der Waals surface area contributed by atoms with E-state index in [1.165, 1.54) is 12.1 Å². The molecule has 0 spiro atoms. The molecule has 0 aliphatic rings. The largest absolute Gasteiger partial charge is 0.389 e. The van der Waals surface area contributed by atoms with Crippen molar-refractivity contribution >= 4 is 23.1 Å². The average molecular weight is 297 g/mol. The molecular formula is C14H20FN3OS. The lowest BCUT2D eigenvalue weighted by Gasteiger charge is -2.24. The van der Waals surface area contributed by atoms with Crippen molar-refractivity contribution in [1.82, 2.24) is 4.90 Å². The summed E-state index contributed by atoms with van der Waals surface area (Å²) < 4.78 is 13.3. The van der Waals surface area contributed by atoms with Crippen LogP contribution in [-0.2, 0) is 11.3 Å². The lowest BCUT2D eigenvalue weighted by Crippen LogP contribution is -2.36. The highest BCUT2D eigenvalue weighted by Crippen LogP contribution is 2.15. The van der Waals surface area contributed by atoms with E-state index in [-0.39, 0.29) is 17.4 Å². The van der Waals surface area contributed by atoms with E-state index in [0.717, 1.165) is 5.56 Å². The Balaban J connectivity index is 2.97. The predicted octanol–water partition coefficient (Wildman–Crippen LogP) is 1.40. The number of amides is 1. The van der Waals surface area contributed by atoms with E-state index in [2.05, 4.69) is 0 Å². The number of carbonyl (C=O) groups is 1. The number of carbonyl (C=O) groups excluding carboxylic acids is 1. The zero-order valence-electron chi connectivity index (χ0n) is 11.7. The minimum Gasteiger partial charge on any atom is -0.389 e. The van der Waals surface area contributed by atoms with Crippen LogP contribution in [0.1, 0.15) is 25.0 Å². The van der Waals surface area contributed by atoms with Gasteiger partial charge in [0.2, 0.25) is 5.91 Å². The van der Waals surface area contributed by atoms with Crippen LogP contribution in [0.25, 0.3) is 0 Å². The zero-order chi connectivity index (χ0) is 15.3. The van der Waals surface area contributed by atoms with Crippen LogP contribution in [0.3, 0.4) is 0 Å². The number of benzene rings is 1. The van der Waals surface area contributed by atoms with Gasteiger partial charge in [-0.3, -0.25) is 9.69 Å². The Bertz CT molecular complexity index is 505. The molecule has 0 radical (unpaired) electrons. The molecule has 0 fully saturated rings. The van der Waals surface area contributed by atoms with Crippen molar-refractivity contribution < 1.29 is 9.18 Å². The maximum Gasteiger partial charge on any atom is 0.231 e. The smallest absolute Gasteiger partial charge is 0.231 e. The molecule has 0 heterocycles. The van der Waals surface area contributed by atoms with Crippen LogP contribution in [-0.4, -0.2) is 28.9 Å². The molecule has 0 saturated heterocycles. The number of primary amides is 1. The monoisotopic (exact) mass is 297 g/mol. The minimum absolute atomic E-state index is 0.142. The third kappa shape index (κ3) is 5.22. The maximum absolute atomic E-state index is 13.3. The minimum atomic E-state index is -0.398. The molecule has 0 atom stereocenters. The van der Waals surface area contributed by atoms with Crippen molar-refractivity contribution in [3.63, 3.8) is 0 Å². The first-order chi connectivity index (χ1) is 9.29. The Morgan fingerprint density at radius 2 is 2.05 bits per heavy atom. The number of halogens is 1. The molecule has 20 heavy (non-hydrogen) atoms. The van der Waals surface area contributed by atoms with Crippen LogP contribution in [0, 0.1) is 11.7 Å². The third-order valence-electron chi connectivity index (χ3n) is 2.73. The van der Waals surface area contributed by atoms with Crippen molar-refractivity contribution in [3.05, 3.63) is 35.1 Å². The van der Waals surface area contributed by atoms with Crippen LogP contribution in [0.2, 0.25) is 0 Å². The lowest BCUT2D eigenvalue weighted by atomic mass is 10.1. The van der Waals surface area contributed by atoms with E-state index in [0.29, 0.717) is 24.6 Å². The van der Waals surface area contributed by atoms with Gasteiger partial charge in [-0.1, -0.05) is 32.1 Å². The molecule has 110 valence electrons. The molecule has 1 aromatic carbocycles. The highest BCUT2D eigenvalue weighted by molar-refractivity contribution is 7.80. The van der Waals surface area contributed by atoms with Crippen molar-refractivity contribution in [2.75, 3.05) is 13.1 Å². The first-order valence-electron chi connectivity index (χ1n) is 6.38. The Kier molecular flexibility index (Phi) is 6.04. The number of rotatable bonds is 7. The molecule has 4 N–H and O–H groups in total. The summed E-state index contributed by atoms with van der Waals surface area (Å²) in [5.41, 5.74) is 12.2. The van der Waals surface area contributed by atoms with Gasteiger partial charge in [-0.05, 0) is 23.6 Å². The SMILES string of the molecule is CC(C)CN(CC(N)=O)Cc1ccc(F)cc1C(N)=S.